The number of benzene rings is 1. The van der Waals surface area contributed by atoms with Crippen LogP contribution in [0.1, 0.15) is 18.4 Å². The fourth-order valence-electron chi connectivity index (χ4n) is 4.03. The summed E-state index contributed by atoms with van der Waals surface area (Å²) in [4.78, 5) is 16.5. The van der Waals surface area contributed by atoms with E-state index in [2.05, 4.69) is 66.9 Å². The van der Waals surface area contributed by atoms with E-state index in [1.54, 1.807) is 0 Å². The summed E-state index contributed by atoms with van der Waals surface area (Å²) in [6.45, 7) is 6.48. The summed E-state index contributed by atoms with van der Waals surface area (Å²) >= 11 is 3.58. The molecule has 2 saturated heterocycles. The number of halogens is 1. The number of likely N-dealkylation sites (tertiary alicyclic amines) is 1. The zero-order valence-corrected chi connectivity index (χ0v) is 18.0. The van der Waals surface area contributed by atoms with Gasteiger partial charge in [0.25, 0.3) is 0 Å². The number of anilines is 2. The molecule has 0 aliphatic carbocycles. The second-order valence-electron chi connectivity index (χ2n) is 7.59. The molecule has 0 saturated carbocycles. The molecule has 0 N–H and O–H groups in total. The quantitative estimate of drug-likeness (QED) is 0.703. The van der Waals surface area contributed by atoms with Crippen molar-refractivity contribution in [3.63, 3.8) is 0 Å². The molecule has 1 unspecified atom stereocenters. The molecule has 6 nitrogen and oxygen atoms in total. The first kappa shape index (κ1) is 19.6. The summed E-state index contributed by atoms with van der Waals surface area (Å²) in [7, 11) is 2.13. The normalized spacial score (nSPS) is 20.9. The molecule has 0 bridgehead atoms. The van der Waals surface area contributed by atoms with Crippen LogP contribution in [0.3, 0.4) is 0 Å². The second-order valence-corrected chi connectivity index (χ2v) is 8.50. The number of aromatic nitrogens is 2. The van der Waals surface area contributed by atoms with Gasteiger partial charge in [-0.05, 0) is 43.1 Å². The molecule has 4 rings (SSSR count). The van der Waals surface area contributed by atoms with E-state index in [1.807, 2.05) is 12.3 Å². The topological polar surface area (TPSA) is 44.7 Å². The standard InChI is InChI=1S/C21H28BrN5O/c1-25(21-23-8-7-20(24-21)27-10-12-28-13-11-27)19-6-3-9-26(16-19)15-17-4-2-5-18(22)14-17/h2,4-5,7-8,14,19H,3,6,9-13,15-16H2,1H3. The van der Waals surface area contributed by atoms with Gasteiger partial charge in [0.1, 0.15) is 5.82 Å². The number of hydrogen-bond acceptors (Lipinski definition) is 6. The first-order valence-electron chi connectivity index (χ1n) is 10.0. The minimum Gasteiger partial charge on any atom is -0.378 e. The third-order valence-electron chi connectivity index (χ3n) is 5.60. The van der Waals surface area contributed by atoms with Crippen LogP contribution in [0.25, 0.3) is 0 Å². The number of ether oxygens (including phenoxy) is 1. The van der Waals surface area contributed by atoms with Crippen molar-refractivity contribution in [2.75, 3.05) is 56.2 Å². The number of likely N-dealkylation sites (N-methyl/N-ethyl adjacent to an activating group) is 1. The van der Waals surface area contributed by atoms with Gasteiger partial charge in [0, 0.05) is 49.9 Å². The average molecular weight is 446 g/mol. The van der Waals surface area contributed by atoms with Crippen LogP contribution in [0.2, 0.25) is 0 Å². The first-order valence-corrected chi connectivity index (χ1v) is 10.8. The highest BCUT2D eigenvalue weighted by atomic mass is 79.9. The van der Waals surface area contributed by atoms with Crippen molar-refractivity contribution < 1.29 is 4.74 Å². The third-order valence-corrected chi connectivity index (χ3v) is 6.10. The minimum atomic E-state index is 0.431. The largest absolute Gasteiger partial charge is 0.378 e. The van der Waals surface area contributed by atoms with E-state index >= 15 is 0 Å². The predicted molar refractivity (Wildman–Crippen MR) is 116 cm³/mol. The van der Waals surface area contributed by atoms with Gasteiger partial charge in [0.2, 0.25) is 5.95 Å². The molecule has 2 aromatic rings. The molecule has 7 heteroatoms. The van der Waals surface area contributed by atoms with E-state index in [9.17, 15) is 0 Å². The Labute approximate surface area is 175 Å². The Balaban J connectivity index is 1.41. The van der Waals surface area contributed by atoms with Crippen molar-refractivity contribution in [3.8, 4) is 0 Å². The Bertz CT molecular complexity index is 783. The van der Waals surface area contributed by atoms with Gasteiger partial charge in [0.15, 0.2) is 0 Å². The fraction of sp³-hybridized carbons (Fsp3) is 0.524. The van der Waals surface area contributed by atoms with E-state index < -0.39 is 0 Å². The maximum absolute atomic E-state index is 5.46. The maximum Gasteiger partial charge on any atom is 0.227 e. The zero-order valence-electron chi connectivity index (χ0n) is 16.4. The molecule has 150 valence electrons. The van der Waals surface area contributed by atoms with Gasteiger partial charge in [0.05, 0.1) is 13.2 Å². The Hall–Kier alpha value is -1.70. The molecule has 1 atom stereocenters. The van der Waals surface area contributed by atoms with E-state index in [0.29, 0.717) is 6.04 Å². The predicted octanol–water partition coefficient (Wildman–Crippen LogP) is 3.18. The summed E-state index contributed by atoms with van der Waals surface area (Å²) < 4.78 is 6.60. The monoisotopic (exact) mass is 445 g/mol. The van der Waals surface area contributed by atoms with Crippen molar-refractivity contribution >= 4 is 27.7 Å². The van der Waals surface area contributed by atoms with Crippen molar-refractivity contribution in [3.05, 3.63) is 46.6 Å². The number of morpholine rings is 1. The van der Waals surface area contributed by atoms with E-state index in [1.165, 1.54) is 18.4 Å². The van der Waals surface area contributed by atoms with Crippen molar-refractivity contribution in [2.24, 2.45) is 0 Å². The number of rotatable bonds is 5. The molecule has 2 fully saturated rings. The Morgan fingerprint density at radius 2 is 2.07 bits per heavy atom. The molecule has 3 heterocycles. The van der Waals surface area contributed by atoms with Crippen molar-refractivity contribution in [2.45, 2.75) is 25.4 Å². The van der Waals surface area contributed by atoms with Gasteiger partial charge < -0.3 is 14.5 Å². The highest BCUT2D eigenvalue weighted by molar-refractivity contribution is 9.10. The molecular formula is C21H28BrN5O. The van der Waals surface area contributed by atoms with Gasteiger partial charge in [-0.15, -0.1) is 0 Å². The van der Waals surface area contributed by atoms with E-state index in [4.69, 9.17) is 9.72 Å². The molecule has 28 heavy (non-hydrogen) atoms. The number of piperidine rings is 1. The highest BCUT2D eigenvalue weighted by Crippen LogP contribution is 2.23. The van der Waals surface area contributed by atoms with Crippen LogP contribution in [0.15, 0.2) is 41.0 Å². The van der Waals surface area contributed by atoms with Crippen LogP contribution in [0, 0.1) is 0 Å². The lowest BCUT2D eigenvalue weighted by Crippen LogP contribution is -2.47. The van der Waals surface area contributed by atoms with E-state index in [0.717, 1.165) is 62.2 Å². The summed E-state index contributed by atoms with van der Waals surface area (Å²) in [5.74, 6) is 1.82. The summed E-state index contributed by atoms with van der Waals surface area (Å²) in [6, 6.07) is 11.0. The molecule has 1 aromatic heterocycles. The third kappa shape index (κ3) is 4.82. The molecule has 1 aromatic carbocycles. The van der Waals surface area contributed by atoms with Crippen LogP contribution in [-0.4, -0.2) is 67.4 Å². The summed E-state index contributed by atoms with van der Waals surface area (Å²) in [5, 5.41) is 0. The van der Waals surface area contributed by atoms with Crippen LogP contribution < -0.4 is 9.80 Å². The number of hydrogen-bond donors (Lipinski definition) is 0. The van der Waals surface area contributed by atoms with Crippen LogP contribution >= 0.6 is 15.9 Å². The van der Waals surface area contributed by atoms with Gasteiger partial charge in [-0.3, -0.25) is 4.90 Å². The fourth-order valence-corrected chi connectivity index (χ4v) is 4.47. The molecule has 2 aliphatic rings. The maximum atomic E-state index is 5.46. The lowest BCUT2D eigenvalue weighted by Gasteiger charge is -2.38. The van der Waals surface area contributed by atoms with Crippen molar-refractivity contribution in [1.29, 1.82) is 0 Å². The van der Waals surface area contributed by atoms with Crippen LogP contribution in [-0.2, 0) is 11.3 Å². The Morgan fingerprint density at radius 1 is 1.21 bits per heavy atom. The molecular weight excluding hydrogens is 418 g/mol. The van der Waals surface area contributed by atoms with Gasteiger partial charge in [-0.2, -0.15) is 4.98 Å². The molecule has 0 spiro atoms. The molecule has 0 radical (unpaired) electrons. The van der Waals surface area contributed by atoms with Crippen LogP contribution in [0.4, 0.5) is 11.8 Å². The van der Waals surface area contributed by atoms with Gasteiger partial charge >= 0.3 is 0 Å². The zero-order chi connectivity index (χ0) is 19.3. The minimum absolute atomic E-state index is 0.431. The van der Waals surface area contributed by atoms with Crippen LogP contribution in [0.5, 0.6) is 0 Å². The highest BCUT2D eigenvalue weighted by Gasteiger charge is 2.25. The second kappa shape index (κ2) is 9.20. The lowest BCUT2D eigenvalue weighted by atomic mass is 10.0. The summed E-state index contributed by atoms with van der Waals surface area (Å²) in [5.41, 5.74) is 1.35. The van der Waals surface area contributed by atoms with E-state index in [-0.39, 0.29) is 0 Å². The van der Waals surface area contributed by atoms with Gasteiger partial charge in [-0.25, -0.2) is 4.98 Å². The number of nitrogens with zero attached hydrogens (tertiary/aromatic N) is 5. The first-order chi connectivity index (χ1) is 13.7. The Kier molecular flexibility index (Phi) is 6.44. The molecule has 2 aliphatic heterocycles. The average Bonchev–Trinajstić information content (AvgIpc) is 2.74. The summed E-state index contributed by atoms with van der Waals surface area (Å²) in [6.07, 6.45) is 4.26. The van der Waals surface area contributed by atoms with Crippen molar-refractivity contribution in [1.82, 2.24) is 14.9 Å². The van der Waals surface area contributed by atoms with Gasteiger partial charge in [-0.1, -0.05) is 28.1 Å². The smallest absolute Gasteiger partial charge is 0.227 e. The SMILES string of the molecule is CN(c1nccc(N2CCOCC2)n1)C1CCCN(Cc2cccc(Br)c2)C1. The lowest BCUT2D eigenvalue weighted by molar-refractivity contribution is 0.122. The Morgan fingerprint density at radius 3 is 2.89 bits per heavy atom. The molecule has 0 amide bonds.